The van der Waals surface area contributed by atoms with Crippen LogP contribution in [-0.4, -0.2) is 15.0 Å². The van der Waals surface area contributed by atoms with Crippen LogP contribution in [0.3, 0.4) is 0 Å². The van der Waals surface area contributed by atoms with E-state index in [1.165, 1.54) is 5.56 Å². The molecule has 24 heavy (non-hydrogen) atoms. The van der Waals surface area contributed by atoms with E-state index in [1.54, 1.807) is 12.4 Å². The van der Waals surface area contributed by atoms with Crippen molar-refractivity contribution in [1.29, 1.82) is 0 Å². The first kappa shape index (κ1) is 16.4. The smallest absolute Gasteiger partial charge is 0.225 e. The van der Waals surface area contributed by atoms with Crippen molar-refractivity contribution in [3.63, 3.8) is 0 Å². The predicted octanol–water partition coefficient (Wildman–Crippen LogP) is 4.61. The van der Waals surface area contributed by atoms with Crippen LogP contribution in [0, 0.1) is 13.8 Å². The number of aryl methyl sites for hydroxylation is 2. The standard InChI is InChI=1S/C18H18BrN5/c1-12-9-15(3-4-16(12)19)23-17-10-13(2)22-18(24-17)21-11-14-5-7-20-8-6-14/h3-10H,11H2,1-2H3,(H2,21,22,23,24). The van der Waals surface area contributed by atoms with Crippen LogP contribution in [0.4, 0.5) is 17.5 Å². The predicted molar refractivity (Wildman–Crippen MR) is 100 cm³/mol. The van der Waals surface area contributed by atoms with Crippen molar-refractivity contribution >= 4 is 33.4 Å². The van der Waals surface area contributed by atoms with Crippen LogP contribution in [-0.2, 0) is 6.54 Å². The van der Waals surface area contributed by atoms with Gasteiger partial charge in [0.15, 0.2) is 0 Å². The summed E-state index contributed by atoms with van der Waals surface area (Å²) in [5, 5.41) is 6.58. The topological polar surface area (TPSA) is 62.7 Å². The Kier molecular flexibility index (Phi) is 5.05. The van der Waals surface area contributed by atoms with E-state index in [2.05, 4.69) is 54.5 Å². The molecular weight excluding hydrogens is 366 g/mol. The molecule has 0 spiro atoms. The average Bonchev–Trinajstić information content (AvgIpc) is 2.57. The third-order valence-corrected chi connectivity index (χ3v) is 4.37. The summed E-state index contributed by atoms with van der Waals surface area (Å²) >= 11 is 3.51. The van der Waals surface area contributed by atoms with Crippen molar-refractivity contribution in [3.05, 3.63) is 70.1 Å². The molecule has 5 nitrogen and oxygen atoms in total. The van der Waals surface area contributed by atoms with Gasteiger partial charge in [-0.1, -0.05) is 15.9 Å². The Labute approximate surface area is 149 Å². The van der Waals surface area contributed by atoms with Gasteiger partial charge in [-0.05, 0) is 55.3 Å². The Morgan fingerprint density at radius 3 is 2.54 bits per heavy atom. The van der Waals surface area contributed by atoms with E-state index in [0.717, 1.165) is 27.2 Å². The monoisotopic (exact) mass is 383 g/mol. The highest BCUT2D eigenvalue weighted by Crippen LogP contribution is 2.23. The van der Waals surface area contributed by atoms with Gasteiger partial charge in [-0.3, -0.25) is 4.98 Å². The number of aromatic nitrogens is 3. The molecule has 0 radical (unpaired) electrons. The Hall–Kier alpha value is -2.47. The third-order valence-electron chi connectivity index (χ3n) is 3.48. The zero-order valence-corrected chi connectivity index (χ0v) is 15.1. The molecule has 0 atom stereocenters. The molecule has 2 aromatic heterocycles. The van der Waals surface area contributed by atoms with Gasteiger partial charge < -0.3 is 10.6 Å². The van der Waals surface area contributed by atoms with Crippen LogP contribution in [0.2, 0.25) is 0 Å². The van der Waals surface area contributed by atoms with Gasteiger partial charge in [-0.2, -0.15) is 4.98 Å². The Morgan fingerprint density at radius 1 is 1.00 bits per heavy atom. The van der Waals surface area contributed by atoms with Crippen LogP contribution < -0.4 is 10.6 Å². The molecule has 0 bridgehead atoms. The number of rotatable bonds is 5. The van der Waals surface area contributed by atoms with Crippen LogP contribution in [0.1, 0.15) is 16.8 Å². The molecular formula is C18H18BrN5. The summed E-state index contributed by atoms with van der Waals surface area (Å²) in [6.07, 6.45) is 3.55. The van der Waals surface area contributed by atoms with Crippen molar-refractivity contribution in [1.82, 2.24) is 15.0 Å². The molecule has 0 aliphatic carbocycles. The lowest BCUT2D eigenvalue weighted by Gasteiger charge is -2.11. The molecule has 0 unspecified atom stereocenters. The number of halogens is 1. The molecule has 0 saturated heterocycles. The highest BCUT2D eigenvalue weighted by Gasteiger charge is 2.04. The van der Waals surface area contributed by atoms with Gasteiger partial charge in [0.05, 0.1) is 0 Å². The lowest BCUT2D eigenvalue weighted by molar-refractivity contribution is 1.03. The minimum Gasteiger partial charge on any atom is -0.350 e. The number of hydrogen-bond acceptors (Lipinski definition) is 5. The average molecular weight is 384 g/mol. The molecule has 0 aliphatic heterocycles. The third kappa shape index (κ3) is 4.29. The first-order chi connectivity index (χ1) is 11.6. The zero-order chi connectivity index (χ0) is 16.9. The second-order valence-corrected chi connectivity index (χ2v) is 6.37. The minimum atomic E-state index is 0.600. The molecule has 122 valence electrons. The quantitative estimate of drug-likeness (QED) is 0.673. The second kappa shape index (κ2) is 7.40. The van der Waals surface area contributed by atoms with E-state index in [4.69, 9.17) is 0 Å². The normalized spacial score (nSPS) is 10.5. The summed E-state index contributed by atoms with van der Waals surface area (Å²) in [6, 6.07) is 12.0. The Bertz CT molecular complexity index is 836. The van der Waals surface area contributed by atoms with Crippen LogP contribution in [0.25, 0.3) is 0 Å². The Balaban J connectivity index is 1.74. The van der Waals surface area contributed by atoms with Gasteiger partial charge in [0.1, 0.15) is 5.82 Å². The van der Waals surface area contributed by atoms with Crippen LogP contribution >= 0.6 is 15.9 Å². The molecule has 3 aromatic rings. The fraction of sp³-hybridized carbons (Fsp3) is 0.167. The van der Waals surface area contributed by atoms with Gasteiger partial charge in [-0.15, -0.1) is 0 Å². The van der Waals surface area contributed by atoms with Crippen molar-refractivity contribution in [2.75, 3.05) is 10.6 Å². The van der Waals surface area contributed by atoms with Crippen molar-refractivity contribution in [2.45, 2.75) is 20.4 Å². The van der Waals surface area contributed by atoms with Gasteiger partial charge in [-0.25, -0.2) is 4.98 Å². The minimum absolute atomic E-state index is 0.600. The molecule has 2 N–H and O–H groups in total. The summed E-state index contributed by atoms with van der Waals surface area (Å²) in [6.45, 7) is 4.67. The molecule has 0 amide bonds. The van der Waals surface area contributed by atoms with E-state index in [9.17, 15) is 0 Å². The largest absolute Gasteiger partial charge is 0.350 e. The van der Waals surface area contributed by atoms with Gasteiger partial charge in [0.2, 0.25) is 5.95 Å². The zero-order valence-electron chi connectivity index (χ0n) is 13.5. The van der Waals surface area contributed by atoms with Crippen LogP contribution in [0.5, 0.6) is 0 Å². The van der Waals surface area contributed by atoms with E-state index >= 15 is 0 Å². The highest BCUT2D eigenvalue weighted by atomic mass is 79.9. The summed E-state index contributed by atoms with van der Waals surface area (Å²) < 4.78 is 1.09. The number of pyridine rings is 1. The number of benzene rings is 1. The molecule has 0 aliphatic rings. The summed E-state index contributed by atoms with van der Waals surface area (Å²) in [4.78, 5) is 13.0. The number of nitrogens with one attached hydrogen (secondary N) is 2. The molecule has 2 heterocycles. The van der Waals surface area contributed by atoms with Crippen LogP contribution in [0.15, 0.2) is 53.3 Å². The fourth-order valence-corrected chi connectivity index (χ4v) is 2.51. The van der Waals surface area contributed by atoms with Gasteiger partial charge in [0, 0.05) is 40.9 Å². The summed E-state index contributed by atoms with van der Waals surface area (Å²) in [7, 11) is 0. The maximum absolute atomic E-state index is 4.54. The van der Waals surface area contributed by atoms with E-state index in [0.29, 0.717) is 12.5 Å². The molecule has 0 saturated carbocycles. The number of hydrogen-bond donors (Lipinski definition) is 2. The molecule has 1 aromatic carbocycles. The maximum atomic E-state index is 4.54. The number of nitrogens with zero attached hydrogens (tertiary/aromatic N) is 3. The lowest BCUT2D eigenvalue weighted by Crippen LogP contribution is -2.06. The number of anilines is 3. The van der Waals surface area contributed by atoms with Gasteiger partial charge >= 0.3 is 0 Å². The van der Waals surface area contributed by atoms with E-state index in [1.807, 2.05) is 37.3 Å². The maximum Gasteiger partial charge on any atom is 0.225 e. The van der Waals surface area contributed by atoms with Crippen molar-refractivity contribution < 1.29 is 0 Å². The van der Waals surface area contributed by atoms with Gasteiger partial charge in [0.25, 0.3) is 0 Å². The van der Waals surface area contributed by atoms with Crippen molar-refractivity contribution in [2.24, 2.45) is 0 Å². The fourth-order valence-electron chi connectivity index (χ4n) is 2.26. The summed E-state index contributed by atoms with van der Waals surface area (Å²) in [5.74, 6) is 1.37. The van der Waals surface area contributed by atoms with Crippen molar-refractivity contribution in [3.8, 4) is 0 Å². The molecule has 0 fully saturated rings. The molecule has 6 heteroatoms. The van der Waals surface area contributed by atoms with E-state index < -0.39 is 0 Å². The molecule has 3 rings (SSSR count). The lowest BCUT2D eigenvalue weighted by atomic mass is 10.2. The van der Waals surface area contributed by atoms with E-state index in [-0.39, 0.29) is 0 Å². The second-order valence-electron chi connectivity index (χ2n) is 5.52. The SMILES string of the molecule is Cc1cc(Nc2ccc(Br)c(C)c2)nc(NCc2ccncc2)n1. The Morgan fingerprint density at radius 2 is 1.79 bits per heavy atom. The highest BCUT2D eigenvalue weighted by molar-refractivity contribution is 9.10. The first-order valence-electron chi connectivity index (χ1n) is 7.62. The first-order valence-corrected chi connectivity index (χ1v) is 8.41. The summed E-state index contributed by atoms with van der Waals surface area (Å²) in [5.41, 5.74) is 4.20.